The number of benzene rings is 3. The minimum atomic E-state index is 0.279. The lowest BCUT2D eigenvalue weighted by Gasteiger charge is -2.27. The molecule has 6 heteroatoms. The van der Waals surface area contributed by atoms with Gasteiger partial charge in [0, 0.05) is 30.7 Å². The van der Waals surface area contributed by atoms with Gasteiger partial charge in [0.2, 0.25) is 0 Å². The topological polar surface area (TPSA) is 45.2 Å². The zero-order valence-electron chi connectivity index (χ0n) is 20.8. The number of hydrogen-bond donors (Lipinski definition) is 1. The van der Waals surface area contributed by atoms with E-state index in [1.807, 2.05) is 24.3 Å². The third kappa shape index (κ3) is 6.68. The molecule has 0 atom stereocenters. The highest BCUT2D eigenvalue weighted by Crippen LogP contribution is 2.31. The molecule has 190 valence electrons. The molecule has 0 unspecified atom stereocenters. The van der Waals surface area contributed by atoms with Gasteiger partial charge in [-0.2, -0.15) is 0 Å². The molecule has 2 heterocycles. The van der Waals surface area contributed by atoms with Crippen LogP contribution < -0.4 is 4.74 Å². The summed E-state index contributed by atoms with van der Waals surface area (Å²) in [4.78, 5) is 4.89. The van der Waals surface area contributed by atoms with Crippen molar-refractivity contribution in [2.45, 2.75) is 25.8 Å². The van der Waals surface area contributed by atoms with Crippen molar-refractivity contribution >= 4 is 15.9 Å². The standard InChI is InChI=1S/C30H35BrN2O3/c31-30-20-23(3-4-26(30)22-33-13-16-35-17-14-33)19-25-5-8-27(34)21-29(25)24-6-9-28(10-7-24)36-18-15-32-11-1-2-12-32/h3-10,20-21,34H,1-2,11-19,22H2. The highest BCUT2D eigenvalue weighted by molar-refractivity contribution is 9.10. The normalized spacial score (nSPS) is 16.9. The number of phenolic OH excluding ortho intramolecular Hbond substituents is 1. The monoisotopic (exact) mass is 550 g/mol. The van der Waals surface area contributed by atoms with Gasteiger partial charge in [-0.25, -0.2) is 0 Å². The zero-order chi connectivity index (χ0) is 24.7. The van der Waals surface area contributed by atoms with Crippen LogP contribution in [0.4, 0.5) is 0 Å². The summed E-state index contributed by atoms with van der Waals surface area (Å²) in [6.07, 6.45) is 3.40. The van der Waals surface area contributed by atoms with E-state index in [-0.39, 0.29) is 5.75 Å². The van der Waals surface area contributed by atoms with E-state index in [1.165, 1.54) is 42.6 Å². The maximum Gasteiger partial charge on any atom is 0.119 e. The number of likely N-dealkylation sites (tertiary alicyclic amines) is 1. The summed E-state index contributed by atoms with van der Waals surface area (Å²) in [6.45, 7) is 8.59. The van der Waals surface area contributed by atoms with Crippen molar-refractivity contribution in [2.75, 3.05) is 52.5 Å². The van der Waals surface area contributed by atoms with Gasteiger partial charge in [-0.15, -0.1) is 0 Å². The van der Waals surface area contributed by atoms with Crippen LogP contribution in [-0.2, 0) is 17.7 Å². The summed E-state index contributed by atoms with van der Waals surface area (Å²) >= 11 is 3.80. The van der Waals surface area contributed by atoms with E-state index in [2.05, 4.69) is 56.1 Å². The Balaban J connectivity index is 1.26. The van der Waals surface area contributed by atoms with Crippen LogP contribution in [-0.4, -0.2) is 67.5 Å². The third-order valence-electron chi connectivity index (χ3n) is 7.14. The van der Waals surface area contributed by atoms with Gasteiger partial charge in [-0.05, 0) is 90.5 Å². The van der Waals surface area contributed by atoms with E-state index in [0.717, 1.165) is 67.2 Å². The molecule has 5 nitrogen and oxygen atoms in total. The molecular weight excluding hydrogens is 516 g/mol. The molecule has 2 aliphatic rings. The van der Waals surface area contributed by atoms with Gasteiger partial charge in [-0.1, -0.05) is 46.3 Å². The molecule has 0 amide bonds. The SMILES string of the molecule is Oc1ccc(Cc2ccc(CN3CCOCC3)c(Br)c2)c(-c2ccc(OCCN3CCCC3)cc2)c1. The Morgan fingerprint density at radius 3 is 2.33 bits per heavy atom. The first-order chi connectivity index (χ1) is 17.6. The van der Waals surface area contributed by atoms with Crippen molar-refractivity contribution < 1.29 is 14.6 Å². The van der Waals surface area contributed by atoms with Crippen LogP contribution in [0.5, 0.6) is 11.5 Å². The second-order valence-electron chi connectivity index (χ2n) is 9.75. The number of halogens is 1. The molecule has 0 saturated carbocycles. The molecule has 0 aromatic heterocycles. The summed E-state index contributed by atoms with van der Waals surface area (Å²) < 4.78 is 12.6. The lowest BCUT2D eigenvalue weighted by molar-refractivity contribution is 0.0341. The molecule has 0 aliphatic carbocycles. The molecule has 0 radical (unpaired) electrons. The Bertz CT molecular complexity index is 1140. The summed E-state index contributed by atoms with van der Waals surface area (Å²) in [7, 11) is 0. The Morgan fingerprint density at radius 1 is 0.833 bits per heavy atom. The first-order valence-electron chi connectivity index (χ1n) is 13.0. The lowest BCUT2D eigenvalue weighted by atomic mass is 9.94. The largest absolute Gasteiger partial charge is 0.508 e. The third-order valence-corrected chi connectivity index (χ3v) is 7.88. The van der Waals surface area contributed by atoms with Crippen LogP contribution in [0.15, 0.2) is 65.1 Å². The van der Waals surface area contributed by atoms with Gasteiger partial charge < -0.3 is 14.6 Å². The number of ether oxygens (including phenoxy) is 2. The maximum absolute atomic E-state index is 10.2. The Morgan fingerprint density at radius 2 is 1.58 bits per heavy atom. The second-order valence-corrected chi connectivity index (χ2v) is 10.6. The van der Waals surface area contributed by atoms with Crippen LogP contribution in [0.3, 0.4) is 0 Å². The predicted molar refractivity (Wildman–Crippen MR) is 148 cm³/mol. The number of nitrogens with zero attached hydrogens (tertiary/aromatic N) is 2. The van der Waals surface area contributed by atoms with Gasteiger partial charge in [0.1, 0.15) is 18.1 Å². The van der Waals surface area contributed by atoms with Gasteiger partial charge in [0.25, 0.3) is 0 Å². The lowest BCUT2D eigenvalue weighted by Crippen LogP contribution is -2.35. The van der Waals surface area contributed by atoms with E-state index in [1.54, 1.807) is 6.07 Å². The minimum Gasteiger partial charge on any atom is -0.508 e. The van der Waals surface area contributed by atoms with Gasteiger partial charge in [0.05, 0.1) is 13.2 Å². The molecule has 2 fully saturated rings. The molecular formula is C30H35BrN2O3. The fraction of sp³-hybridized carbons (Fsp3) is 0.400. The van der Waals surface area contributed by atoms with Crippen molar-refractivity contribution in [1.82, 2.24) is 9.80 Å². The first kappa shape index (κ1) is 25.3. The number of rotatable bonds is 9. The van der Waals surface area contributed by atoms with Crippen molar-refractivity contribution in [3.05, 3.63) is 81.8 Å². The van der Waals surface area contributed by atoms with E-state index in [9.17, 15) is 5.11 Å². The molecule has 0 spiro atoms. The number of morpholine rings is 1. The molecule has 3 aromatic carbocycles. The van der Waals surface area contributed by atoms with Crippen molar-refractivity contribution in [2.24, 2.45) is 0 Å². The first-order valence-corrected chi connectivity index (χ1v) is 13.8. The number of phenols is 1. The Hall–Kier alpha value is -2.38. The van der Waals surface area contributed by atoms with Gasteiger partial charge >= 0.3 is 0 Å². The summed E-state index contributed by atoms with van der Waals surface area (Å²) in [5, 5.41) is 10.2. The summed E-state index contributed by atoms with van der Waals surface area (Å²) in [5.41, 5.74) is 5.85. The number of aromatic hydroxyl groups is 1. The van der Waals surface area contributed by atoms with E-state index < -0.39 is 0 Å². The molecule has 36 heavy (non-hydrogen) atoms. The Labute approximate surface area is 222 Å². The van der Waals surface area contributed by atoms with Crippen molar-refractivity contribution in [3.8, 4) is 22.6 Å². The van der Waals surface area contributed by atoms with E-state index in [4.69, 9.17) is 9.47 Å². The smallest absolute Gasteiger partial charge is 0.119 e. The van der Waals surface area contributed by atoms with E-state index in [0.29, 0.717) is 6.61 Å². The van der Waals surface area contributed by atoms with Crippen LogP contribution in [0.1, 0.15) is 29.5 Å². The molecule has 1 N–H and O–H groups in total. The predicted octanol–water partition coefficient (Wildman–Crippen LogP) is 5.72. The minimum absolute atomic E-state index is 0.279. The number of hydrogen-bond acceptors (Lipinski definition) is 5. The zero-order valence-corrected chi connectivity index (χ0v) is 22.4. The molecule has 2 saturated heterocycles. The molecule has 5 rings (SSSR count). The van der Waals surface area contributed by atoms with Crippen molar-refractivity contribution in [3.63, 3.8) is 0 Å². The van der Waals surface area contributed by atoms with Crippen LogP contribution >= 0.6 is 15.9 Å². The molecule has 2 aliphatic heterocycles. The summed E-state index contributed by atoms with van der Waals surface area (Å²) in [5.74, 6) is 1.17. The average molecular weight is 552 g/mol. The van der Waals surface area contributed by atoms with Crippen molar-refractivity contribution in [1.29, 1.82) is 0 Å². The van der Waals surface area contributed by atoms with Gasteiger partial charge in [-0.3, -0.25) is 9.80 Å². The molecule has 0 bridgehead atoms. The maximum atomic E-state index is 10.2. The van der Waals surface area contributed by atoms with Crippen LogP contribution in [0.2, 0.25) is 0 Å². The van der Waals surface area contributed by atoms with E-state index >= 15 is 0 Å². The Kier molecular flexibility index (Phi) is 8.59. The fourth-order valence-corrected chi connectivity index (χ4v) is 5.62. The highest BCUT2D eigenvalue weighted by Gasteiger charge is 2.14. The quantitative estimate of drug-likeness (QED) is 0.369. The highest BCUT2D eigenvalue weighted by atomic mass is 79.9. The second kappa shape index (κ2) is 12.2. The van der Waals surface area contributed by atoms with Gasteiger partial charge in [0.15, 0.2) is 0 Å². The average Bonchev–Trinajstić information content (AvgIpc) is 3.41. The molecule has 3 aromatic rings. The summed E-state index contributed by atoms with van der Waals surface area (Å²) in [6, 6.07) is 20.6. The fourth-order valence-electron chi connectivity index (χ4n) is 5.07. The van der Waals surface area contributed by atoms with Crippen LogP contribution in [0.25, 0.3) is 11.1 Å². The van der Waals surface area contributed by atoms with Crippen LogP contribution in [0, 0.1) is 0 Å².